The third-order valence-corrected chi connectivity index (χ3v) is 3.00. The molecule has 0 atom stereocenters. The van der Waals surface area contributed by atoms with Gasteiger partial charge >= 0.3 is 0 Å². The van der Waals surface area contributed by atoms with Gasteiger partial charge in [0.25, 0.3) is 0 Å². The number of rotatable bonds is 3. The molecule has 0 aliphatic carbocycles. The monoisotopic (exact) mass is 203 g/mol. The largest absolute Gasteiger partial charge is 0.247 e. The highest BCUT2D eigenvalue weighted by Crippen LogP contribution is 2.11. The van der Waals surface area contributed by atoms with Crippen molar-refractivity contribution in [1.29, 1.82) is 0 Å². The van der Waals surface area contributed by atoms with Crippen molar-refractivity contribution in [2.24, 2.45) is 0 Å². The number of aromatic nitrogens is 1. The fourth-order valence-corrected chi connectivity index (χ4v) is 2.09. The highest BCUT2D eigenvalue weighted by molar-refractivity contribution is 7.09. The molecule has 1 nitrogen and oxygen atoms in total. The topological polar surface area (TPSA) is 12.9 Å². The van der Waals surface area contributed by atoms with Gasteiger partial charge in [-0.1, -0.05) is 30.3 Å². The zero-order chi connectivity index (χ0) is 9.80. The van der Waals surface area contributed by atoms with Crippen molar-refractivity contribution in [3.05, 3.63) is 52.0 Å². The summed E-state index contributed by atoms with van der Waals surface area (Å²) in [6.07, 6.45) is 2.14. The molecular formula is C12H13NS. The molecule has 2 aromatic rings. The summed E-state index contributed by atoms with van der Waals surface area (Å²) < 4.78 is 0. The highest BCUT2D eigenvalue weighted by Gasteiger charge is 1.98. The summed E-state index contributed by atoms with van der Waals surface area (Å²) in [6, 6.07) is 10.6. The van der Waals surface area contributed by atoms with E-state index in [-0.39, 0.29) is 0 Å². The van der Waals surface area contributed by atoms with E-state index in [1.165, 1.54) is 11.3 Å². The summed E-state index contributed by atoms with van der Waals surface area (Å²) >= 11 is 1.73. The molecule has 0 fully saturated rings. The van der Waals surface area contributed by atoms with Crippen LogP contribution < -0.4 is 0 Å². The predicted octanol–water partition coefficient (Wildman–Crippen LogP) is 3.24. The molecule has 0 aliphatic rings. The Hall–Kier alpha value is -1.15. The van der Waals surface area contributed by atoms with Crippen LogP contribution in [0.2, 0.25) is 0 Å². The molecule has 0 N–H and O–H groups in total. The Morgan fingerprint density at radius 3 is 2.57 bits per heavy atom. The molecule has 0 radical (unpaired) electrons. The highest BCUT2D eigenvalue weighted by atomic mass is 32.1. The lowest BCUT2D eigenvalue weighted by molar-refractivity contribution is 0.920. The number of benzene rings is 1. The van der Waals surface area contributed by atoms with Gasteiger partial charge in [0, 0.05) is 5.38 Å². The Morgan fingerprint density at radius 2 is 1.93 bits per heavy atom. The fourth-order valence-electron chi connectivity index (χ4n) is 1.44. The summed E-state index contributed by atoms with van der Waals surface area (Å²) in [5.74, 6) is 0. The normalized spacial score (nSPS) is 10.4. The smallest absolute Gasteiger partial charge is 0.0897 e. The van der Waals surface area contributed by atoms with E-state index in [9.17, 15) is 0 Å². The lowest BCUT2D eigenvalue weighted by Crippen LogP contribution is -1.90. The minimum absolute atomic E-state index is 1.05. The van der Waals surface area contributed by atoms with Gasteiger partial charge in [-0.2, -0.15) is 0 Å². The van der Waals surface area contributed by atoms with E-state index in [1.807, 2.05) is 0 Å². The van der Waals surface area contributed by atoms with E-state index in [4.69, 9.17) is 0 Å². The van der Waals surface area contributed by atoms with Gasteiger partial charge < -0.3 is 0 Å². The van der Waals surface area contributed by atoms with Crippen LogP contribution in [0.3, 0.4) is 0 Å². The Kier molecular flexibility index (Phi) is 2.94. The number of hydrogen-bond acceptors (Lipinski definition) is 2. The summed E-state index contributed by atoms with van der Waals surface area (Å²) in [5.41, 5.74) is 2.61. The van der Waals surface area contributed by atoms with Crippen molar-refractivity contribution >= 4 is 11.3 Å². The first-order valence-corrected chi connectivity index (χ1v) is 5.67. The maximum atomic E-state index is 4.44. The second-order valence-electron chi connectivity index (χ2n) is 3.34. The van der Waals surface area contributed by atoms with Crippen LogP contribution in [0.1, 0.15) is 16.3 Å². The van der Waals surface area contributed by atoms with Crippen LogP contribution in [0.4, 0.5) is 0 Å². The standard InChI is InChI=1S/C12H13NS/c1-10-13-12(9-14-10)8-7-11-5-3-2-4-6-11/h2-6,9H,7-8H2,1H3. The summed E-state index contributed by atoms with van der Waals surface area (Å²) in [6.45, 7) is 2.05. The third-order valence-electron chi connectivity index (χ3n) is 2.18. The van der Waals surface area contributed by atoms with Gasteiger partial charge in [-0.05, 0) is 25.3 Å². The van der Waals surface area contributed by atoms with Crippen molar-refractivity contribution < 1.29 is 0 Å². The van der Waals surface area contributed by atoms with E-state index < -0.39 is 0 Å². The molecule has 0 amide bonds. The summed E-state index contributed by atoms with van der Waals surface area (Å²) in [5, 5.41) is 3.31. The quantitative estimate of drug-likeness (QED) is 0.746. The van der Waals surface area contributed by atoms with Crippen LogP contribution >= 0.6 is 11.3 Å². The van der Waals surface area contributed by atoms with Crippen LogP contribution in [0.25, 0.3) is 0 Å². The molecule has 1 heterocycles. The lowest BCUT2D eigenvalue weighted by atomic mass is 10.1. The zero-order valence-corrected chi connectivity index (χ0v) is 9.05. The van der Waals surface area contributed by atoms with Gasteiger partial charge in [0.2, 0.25) is 0 Å². The molecular weight excluding hydrogens is 190 g/mol. The van der Waals surface area contributed by atoms with E-state index in [1.54, 1.807) is 11.3 Å². The van der Waals surface area contributed by atoms with Crippen LogP contribution in [0, 0.1) is 6.92 Å². The van der Waals surface area contributed by atoms with Gasteiger partial charge in [0.1, 0.15) is 0 Å². The van der Waals surface area contributed by atoms with Crippen LogP contribution in [0.15, 0.2) is 35.7 Å². The molecule has 1 aromatic carbocycles. The first kappa shape index (κ1) is 9.41. The van der Waals surface area contributed by atoms with Crippen molar-refractivity contribution in [2.45, 2.75) is 19.8 Å². The average molecular weight is 203 g/mol. The van der Waals surface area contributed by atoms with E-state index >= 15 is 0 Å². The van der Waals surface area contributed by atoms with Crippen molar-refractivity contribution in [2.75, 3.05) is 0 Å². The fraction of sp³-hybridized carbons (Fsp3) is 0.250. The SMILES string of the molecule is Cc1nc(CCc2ccccc2)cs1. The van der Waals surface area contributed by atoms with Gasteiger partial charge in [-0.25, -0.2) is 4.98 Å². The molecule has 72 valence electrons. The first-order valence-electron chi connectivity index (χ1n) is 4.79. The number of thiazole rings is 1. The summed E-state index contributed by atoms with van der Waals surface area (Å²) in [7, 11) is 0. The predicted molar refractivity (Wildman–Crippen MR) is 60.7 cm³/mol. The minimum atomic E-state index is 1.05. The van der Waals surface area contributed by atoms with Gasteiger partial charge in [0.15, 0.2) is 0 Å². The Bertz CT molecular complexity index is 392. The molecule has 0 saturated heterocycles. The molecule has 0 aliphatic heterocycles. The average Bonchev–Trinajstić information content (AvgIpc) is 2.63. The Labute approximate surface area is 88.4 Å². The lowest BCUT2D eigenvalue weighted by Gasteiger charge is -1.97. The van der Waals surface area contributed by atoms with Crippen LogP contribution in [0.5, 0.6) is 0 Å². The Balaban J connectivity index is 1.95. The van der Waals surface area contributed by atoms with Crippen molar-refractivity contribution in [3.8, 4) is 0 Å². The van der Waals surface area contributed by atoms with E-state index in [2.05, 4.69) is 47.6 Å². The number of hydrogen-bond donors (Lipinski definition) is 0. The molecule has 2 rings (SSSR count). The van der Waals surface area contributed by atoms with Crippen LogP contribution in [-0.4, -0.2) is 4.98 Å². The maximum absolute atomic E-state index is 4.44. The van der Waals surface area contributed by atoms with Crippen molar-refractivity contribution in [1.82, 2.24) is 4.98 Å². The Morgan fingerprint density at radius 1 is 1.14 bits per heavy atom. The number of nitrogens with zero attached hydrogens (tertiary/aromatic N) is 1. The zero-order valence-electron chi connectivity index (χ0n) is 8.23. The van der Waals surface area contributed by atoms with Crippen LogP contribution in [-0.2, 0) is 12.8 Å². The number of aryl methyl sites for hydroxylation is 3. The van der Waals surface area contributed by atoms with Crippen molar-refractivity contribution in [3.63, 3.8) is 0 Å². The van der Waals surface area contributed by atoms with E-state index in [0.29, 0.717) is 0 Å². The molecule has 0 unspecified atom stereocenters. The summed E-state index contributed by atoms with van der Waals surface area (Å²) in [4.78, 5) is 4.44. The molecule has 0 spiro atoms. The van der Waals surface area contributed by atoms with E-state index in [0.717, 1.165) is 17.8 Å². The molecule has 0 saturated carbocycles. The molecule has 0 bridgehead atoms. The second kappa shape index (κ2) is 4.38. The van der Waals surface area contributed by atoms with Gasteiger partial charge in [-0.15, -0.1) is 11.3 Å². The second-order valence-corrected chi connectivity index (χ2v) is 4.41. The minimum Gasteiger partial charge on any atom is -0.247 e. The maximum Gasteiger partial charge on any atom is 0.0897 e. The molecule has 2 heteroatoms. The first-order chi connectivity index (χ1) is 6.84. The molecule has 14 heavy (non-hydrogen) atoms. The van der Waals surface area contributed by atoms with Gasteiger partial charge in [-0.3, -0.25) is 0 Å². The van der Waals surface area contributed by atoms with Gasteiger partial charge in [0.05, 0.1) is 10.7 Å². The molecule has 1 aromatic heterocycles. The third kappa shape index (κ3) is 2.42.